The molecule has 1 amide bonds. The van der Waals surface area contributed by atoms with E-state index in [0.717, 1.165) is 0 Å². The zero-order valence-corrected chi connectivity index (χ0v) is 18.4. The Bertz CT molecular complexity index is 1300. The Morgan fingerprint density at radius 2 is 1.78 bits per heavy atom. The van der Waals surface area contributed by atoms with Crippen molar-refractivity contribution in [1.29, 1.82) is 5.26 Å². The molecule has 0 heterocycles. The van der Waals surface area contributed by atoms with E-state index in [-0.39, 0.29) is 17.2 Å². The number of nitrogens with one attached hydrogen (secondary N) is 1. The minimum Gasteiger partial charge on any atom is -0.497 e. The molecule has 0 radical (unpaired) electrons. The summed E-state index contributed by atoms with van der Waals surface area (Å²) in [6, 6.07) is 17.1. The van der Waals surface area contributed by atoms with Crippen molar-refractivity contribution < 1.29 is 22.7 Å². The predicted molar refractivity (Wildman–Crippen MR) is 119 cm³/mol. The van der Waals surface area contributed by atoms with Gasteiger partial charge in [-0.1, -0.05) is 11.6 Å². The number of primary sulfonamides is 1. The van der Waals surface area contributed by atoms with Crippen LogP contribution < -0.4 is 19.9 Å². The summed E-state index contributed by atoms with van der Waals surface area (Å²) in [6.07, 6.45) is -0.00351. The summed E-state index contributed by atoms with van der Waals surface area (Å²) in [5.74, 6) is 0.804. The maximum atomic E-state index is 12.5. The number of methoxy groups -OCH3 is 1. The number of sulfonamides is 1. The van der Waals surface area contributed by atoms with E-state index in [2.05, 4.69) is 5.32 Å². The summed E-state index contributed by atoms with van der Waals surface area (Å²) in [4.78, 5) is 12.4. The third-order valence-electron chi connectivity index (χ3n) is 4.29. The maximum Gasteiger partial charge on any atom is 0.238 e. The van der Waals surface area contributed by atoms with E-state index < -0.39 is 10.0 Å². The third kappa shape index (κ3) is 5.98. The molecule has 0 unspecified atom stereocenters. The molecule has 0 aliphatic heterocycles. The topological polar surface area (TPSA) is 132 Å². The Morgan fingerprint density at radius 1 is 1.09 bits per heavy atom. The van der Waals surface area contributed by atoms with Crippen LogP contribution in [0.3, 0.4) is 0 Å². The van der Waals surface area contributed by atoms with Crippen LogP contribution >= 0.6 is 11.6 Å². The molecular weight excluding hydrogens is 454 g/mol. The normalized spacial score (nSPS) is 10.8. The van der Waals surface area contributed by atoms with Crippen LogP contribution in [-0.4, -0.2) is 21.4 Å². The van der Waals surface area contributed by atoms with E-state index in [1.165, 1.54) is 37.4 Å². The highest BCUT2D eigenvalue weighted by Crippen LogP contribution is 2.33. The monoisotopic (exact) mass is 471 g/mol. The first-order valence-corrected chi connectivity index (χ1v) is 11.1. The fourth-order valence-electron chi connectivity index (χ4n) is 2.81. The molecule has 3 rings (SSSR count). The van der Waals surface area contributed by atoms with E-state index in [9.17, 15) is 13.2 Å². The van der Waals surface area contributed by atoms with Gasteiger partial charge in [0.25, 0.3) is 0 Å². The van der Waals surface area contributed by atoms with Gasteiger partial charge in [0.1, 0.15) is 17.2 Å². The molecule has 3 aromatic rings. The van der Waals surface area contributed by atoms with Crippen LogP contribution in [0.15, 0.2) is 65.6 Å². The van der Waals surface area contributed by atoms with Crippen LogP contribution in [0.2, 0.25) is 5.02 Å². The average molecular weight is 472 g/mol. The van der Waals surface area contributed by atoms with Crippen LogP contribution in [0.25, 0.3) is 0 Å². The summed E-state index contributed by atoms with van der Waals surface area (Å²) in [6.45, 7) is 0. The van der Waals surface area contributed by atoms with E-state index in [1.807, 2.05) is 6.07 Å². The minimum atomic E-state index is -3.81. The molecule has 10 heteroatoms. The predicted octanol–water partition coefficient (Wildman–Crippen LogP) is 3.84. The van der Waals surface area contributed by atoms with E-state index in [1.54, 1.807) is 30.3 Å². The van der Waals surface area contributed by atoms with Crippen LogP contribution in [0, 0.1) is 11.3 Å². The summed E-state index contributed by atoms with van der Waals surface area (Å²) >= 11 is 6.16. The molecule has 0 atom stereocenters. The molecule has 0 aromatic heterocycles. The van der Waals surface area contributed by atoms with Gasteiger partial charge < -0.3 is 14.8 Å². The fraction of sp³-hybridized carbons (Fsp3) is 0.0909. The highest BCUT2D eigenvalue weighted by Gasteiger charge is 2.12. The summed E-state index contributed by atoms with van der Waals surface area (Å²) in [5, 5.41) is 17.2. The molecule has 32 heavy (non-hydrogen) atoms. The quantitative estimate of drug-likeness (QED) is 0.538. The van der Waals surface area contributed by atoms with Crippen molar-refractivity contribution in [1.82, 2.24) is 0 Å². The zero-order chi connectivity index (χ0) is 23.3. The molecule has 0 saturated heterocycles. The van der Waals surface area contributed by atoms with Gasteiger partial charge in [-0.25, -0.2) is 13.6 Å². The van der Waals surface area contributed by atoms with Gasteiger partial charge in [0.15, 0.2) is 0 Å². The molecule has 0 bridgehead atoms. The lowest BCUT2D eigenvalue weighted by molar-refractivity contribution is -0.115. The first-order valence-electron chi connectivity index (χ1n) is 9.16. The zero-order valence-electron chi connectivity index (χ0n) is 16.8. The Kier molecular flexibility index (Phi) is 7.00. The van der Waals surface area contributed by atoms with Crippen LogP contribution in [0.4, 0.5) is 5.69 Å². The number of nitrogens with two attached hydrogens (primary N) is 1. The lowest BCUT2D eigenvalue weighted by atomic mass is 10.1. The van der Waals surface area contributed by atoms with Gasteiger partial charge in [-0.2, -0.15) is 5.26 Å². The Balaban J connectivity index is 1.77. The molecular formula is C22H18ClN3O5S. The van der Waals surface area contributed by atoms with Crippen molar-refractivity contribution in [2.75, 3.05) is 12.4 Å². The summed E-state index contributed by atoms with van der Waals surface area (Å²) < 4.78 is 33.8. The lowest BCUT2D eigenvalue weighted by Crippen LogP contribution is -2.15. The number of amides is 1. The second kappa shape index (κ2) is 9.70. The molecule has 3 aromatic carbocycles. The van der Waals surface area contributed by atoms with Gasteiger partial charge in [-0.05, 0) is 54.1 Å². The SMILES string of the molecule is COc1cc(CC(=O)Nc2ccc(S(N)(=O)=O)cc2)cc(Oc2cc(C#N)ccc2Cl)c1. The van der Waals surface area contributed by atoms with Gasteiger partial charge in [0, 0.05) is 17.8 Å². The molecule has 164 valence electrons. The third-order valence-corrected chi connectivity index (χ3v) is 5.54. The van der Waals surface area contributed by atoms with Crippen molar-refractivity contribution in [3.05, 3.63) is 76.8 Å². The van der Waals surface area contributed by atoms with Gasteiger partial charge in [-0.15, -0.1) is 0 Å². The van der Waals surface area contributed by atoms with Gasteiger partial charge >= 0.3 is 0 Å². The number of hydrogen-bond acceptors (Lipinski definition) is 6. The molecule has 0 saturated carbocycles. The maximum absolute atomic E-state index is 12.5. The highest BCUT2D eigenvalue weighted by atomic mass is 35.5. The number of benzene rings is 3. The molecule has 0 fully saturated rings. The van der Waals surface area contributed by atoms with E-state index in [4.69, 9.17) is 31.5 Å². The van der Waals surface area contributed by atoms with E-state index >= 15 is 0 Å². The number of nitriles is 1. The van der Waals surface area contributed by atoms with Crippen LogP contribution in [0.1, 0.15) is 11.1 Å². The summed E-state index contributed by atoms with van der Waals surface area (Å²) in [7, 11) is -2.32. The number of anilines is 1. The number of ether oxygens (including phenoxy) is 2. The van der Waals surface area contributed by atoms with Crippen molar-refractivity contribution in [2.45, 2.75) is 11.3 Å². The van der Waals surface area contributed by atoms with Crippen molar-refractivity contribution in [2.24, 2.45) is 5.14 Å². The Labute approximate surface area is 190 Å². The van der Waals surface area contributed by atoms with Crippen molar-refractivity contribution in [3.63, 3.8) is 0 Å². The van der Waals surface area contributed by atoms with Crippen molar-refractivity contribution in [3.8, 4) is 23.3 Å². The lowest BCUT2D eigenvalue weighted by Gasteiger charge is -2.12. The molecule has 3 N–H and O–H groups in total. The largest absolute Gasteiger partial charge is 0.497 e. The second-order valence-electron chi connectivity index (χ2n) is 6.67. The standard InChI is InChI=1S/C22H18ClN3O5S/c1-30-17-8-15(9-18(12-17)31-21-10-14(13-24)2-7-20(21)23)11-22(27)26-16-3-5-19(6-4-16)32(25,28)29/h2-10,12H,11H2,1H3,(H,26,27)(H2,25,28,29). The Morgan fingerprint density at radius 3 is 2.41 bits per heavy atom. The first kappa shape index (κ1) is 23.1. The number of carbonyl (C=O) groups excluding carboxylic acids is 1. The second-order valence-corrected chi connectivity index (χ2v) is 8.64. The van der Waals surface area contributed by atoms with Crippen LogP contribution in [-0.2, 0) is 21.2 Å². The Hall–Kier alpha value is -3.58. The van der Waals surface area contributed by atoms with Gasteiger partial charge in [0.2, 0.25) is 15.9 Å². The average Bonchev–Trinajstić information content (AvgIpc) is 2.74. The minimum absolute atomic E-state index is 0.00351. The molecule has 8 nitrogen and oxygen atoms in total. The van der Waals surface area contributed by atoms with Gasteiger partial charge in [-0.3, -0.25) is 4.79 Å². The number of carbonyl (C=O) groups is 1. The molecule has 0 aliphatic rings. The van der Waals surface area contributed by atoms with Gasteiger partial charge in [0.05, 0.1) is 35.1 Å². The molecule has 0 aliphatic carbocycles. The number of halogens is 1. The fourth-order valence-corrected chi connectivity index (χ4v) is 3.48. The number of rotatable bonds is 7. The smallest absolute Gasteiger partial charge is 0.238 e. The van der Waals surface area contributed by atoms with Crippen LogP contribution in [0.5, 0.6) is 17.2 Å². The van der Waals surface area contributed by atoms with E-state index in [0.29, 0.717) is 39.1 Å². The molecule has 0 spiro atoms. The van der Waals surface area contributed by atoms with Crippen molar-refractivity contribution >= 4 is 33.2 Å². The summed E-state index contributed by atoms with van der Waals surface area (Å²) in [5.41, 5.74) is 1.41. The number of hydrogen-bond donors (Lipinski definition) is 2. The highest BCUT2D eigenvalue weighted by molar-refractivity contribution is 7.89. The first-order chi connectivity index (χ1) is 15.2. The number of nitrogens with zero attached hydrogens (tertiary/aromatic N) is 1.